The molecule has 0 amide bonds. The van der Waals surface area contributed by atoms with Gasteiger partial charge in [0, 0.05) is 60.2 Å². The van der Waals surface area contributed by atoms with Crippen molar-refractivity contribution < 1.29 is 18.3 Å². The first-order chi connectivity index (χ1) is 23.2. The lowest BCUT2D eigenvalue weighted by molar-refractivity contribution is -0.108. The minimum absolute atomic E-state index is 0.0713. The number of anilines is 2. The number of alkyl halides is 2. The Labute approximate surface area is 285 Å². The average molecular weight is 697 g/mol. The maximum absolute atomic E-state index is 13.7. The molecule has 3 aromatic heterocycles. The second kappa shape index (κ2) is 15.6. The van der Waals surface area contributed by atoms with E-state index >= 15 is 0 Å². The number of halogens is 4. The molecule has 3 N–H and O–H groups in total. The van der Waals surface area contributed by atoms with Gasteiger partial charge in [-0.15, -0.1) is 0 Å². The Balaban J connectivity index is 1.46. The topological polar surface area (TPSA) is 123 Å². The third-order valence-electron chi connectivity index (χ3n) is 7.87. The summed E-state index contributed by atoms with van der Waals surface area (Å²) in [4.78, 5) is 32.5. The van der Waals surface area contributed by atoms with Crippen LogP contribution >= 0.6 is 23.2 Å². The van der Waals surface area contributed by atoms with E-state index in [1.54, 1.807) is 25.3 Å². The zero-order valence-corrected chi connectivity index (χ0v) is 27.9. The fourth-order valence-electron chi connectivity index (χ4n) is 5.31. The van der Waals surface area contributed by atoms with Crippen LogP contribution < -0.4 is 26.2 Å². The zero-order chi connectivity index (χ0) is 34.4. The highest BCUT2D eigenvalue weighted by Gasteiger charge is 2.20. The Morgan fingerprint density at radius 1 is 1.02 bits per heavy atom. The second-order valence-corrected chi connectivity index (χ2v) is 11.7. The van der Waals surface area contributed by atoms with Crippen molar-refractivity contribution >= 4 is 51.8 Å². The lowest BCUT2D eigenvalue weighted by Crippen LogP contribution is -2.36. The zero-order valence-electron chi connectivity index (χ0n) is 26.4. The van der Waals surface area contributed by atoms with Gasteiger partial charge in [-0.1, -0.05) is 59.6 Å². The molecule has 14 heteroatoms. The number of benzene rings is 2. The first kappa shape index (κ1) is 34.8. The summed E-state index contributed by atoms with van der Waals surface area (Å²) in [7, 11) is 4.87. The smallest absolute Gasteiger partial charge is 0.280 e. The van der Waals surface area contributed by atoms with E-state index in [0.29, 0.717) is 58.5 Å². The van der Waals surface area contributed by atoms with E-state index in [1.807, 2.05) is 37.4 Å². The van der Waals surface area contributed by atoms with Crippen molar-refractivity contribution in [1.29, 1.82) is 0 Å². The van der Waals surface area contributed by atoms with Gasteiger partial charge in [-0.2, -0.15) is 5.10 Å². The summed E-state index contributed by atoms with van der Waals surface area (Å²) < 4.78 is 34.2. The third-order valence-corrected chi connectivity index (χ3v) is 8.68. The van der Waals surface area contributed by atoms with Crippen LogP contribution in [0.1, 0.15) is 30.5 Å². The van der Waals surface area contributed by atoms with E-state index in [2.05, 4.69) is 26.0 Å². The first-order valence-electron chi connectivity index (χ1n) is 15.0. The molecule has 0 fully saturated rings. The molecule has 48 heavy (non-hydrogen) atoms. The molecule has 0 aliphatic carbocycles. The Kier molecular flexibility index (Phi) is 11.3. The molecule has 1 atom stereocenters. The summed E-state index contributed by atoms with van der Waals surface area (Å²) >= 11 is 13.9. The highest BCUT2D eigenvalue weighted by atomic mass is 35.5. The Morgan fingerprint density at radius 2 is 1.75 bits per heavy atom. The van der Waals surface area contributed by atoms with E-state index in [-0.39, 0.29) is 27.7 Å². The van der Waals surface area contributed by atoms with Crippen LogP contribution in [0.3, 0.4) is 0 Å². The number of fused-ring (bicyclic) bond motifs is 1. The summed E-state index contributed by atoms with van der Waals surface area (Å²) in [5.74, 6) is 0.365. The van der Waals surface area contributed by atoms with E-state index in [4.69, 9.17) is 32.9 Å². The third kappa shape index (κ3) is 7.47. The van der Waals surface area contributed by atoms with Crippen molar-refractivity contribution in [2.24, 2.45) is 7.05 Å². The number of likely N-dealkylation sites (N-methyl/N-ethyl adjacent to an activating group) is 1. The van der Waals surface area contributed by atoms with Crippen molar-refractivity contribution in [2.45, 2.75) is 31.9 Å². The molecule has 0 aliphatic heterocycles. The highest BCUT2D eigenvalue weighted by Crippen LogP contribution is 2.42. The van der Waals surface area contributed by atoms with E-state index < -0.39 is 17.7 Å². The quantitative estimate of drug-likeness (QED) is 0.109. The van der Waals surface area contributed by atoms with Gasteiger partial charge in [-0.25, -0.2) is 23.4 Å². The fourth-order valence-corrected chi connectivity index (χ4v) is 5.91. The molecule has 5 rings (SSSR count). The molecule has 250 valence electrons. The minimum Gasteiger partial charge on any atom is -0.481 e. The summed E-state index contributed by atoms with van der Waals surface area (Å²) in [6.45, 7) is 1.17. The van der Waals surface area contributed by atoms with Crippen molar-refractivity contribution in [1.82, 2.24) is 30.4 Å². The molecule has 10 nitrogen and oxygen atoms in total. The van der Waals surface area contributed by atoms with Crippen molar-refractivity contribution in [3.05, 3.63) is 92.5 Å². The molecule has 1 unspecified atom stereocenters. The molecule has 2 aromatic carbocycles. The van der Waals surface area contributed by atoms with Crippen LogP contribution in [0.4, 0.5) is 20.3 Å². The van der Waals surface area contributed by atoms with E-state index in [1.165, 1.54) is 13.2 Å². The fraction of sp³-hybridized carbons (Fsp3) is 0.265. The molecule has 0 spiro atoms. The maximum Gasteiger partial charge on any atom is 0.280 e. The number of carbonyl (C=O) groups is 1. The summed E-state index contributed by atoms with van der Waals surface area (Å²) in [5.41, 5.74) is 2.54. The number of rotatable bonds is 14. The first-order valence-corrected chi connectivity index (χ1v) is 15.8. The van der Waals surface area contributed by atoms with Crippen LogP contribution in [0.5, 0.6) is 5.88 Å². The number of carbonyl (C=O) groups excluding carboxylic acids is 1. The van der Waals surface area contributed by atoms with Crippen molar-refractivity contribution in [2.75, 3.05) is 26.0 Å². The molecule has 0 radical (unpaired) electrons. The van der Waals surface area contributed by atoms with Gasteiger partial charge >= 0.3 is 0 Å². The number of nitrogens with one attached hydrogen (secondary N) is 3. The van der Waals surface area contributed by atoms with Gasteiger partial charge in [0.15, 0.2) is 0 Å². The predicted molar refractivity (Wildman–Crippen MR) is 185 cm³/mol. The lowest BCUT2D eigenvalue weighted by atomic mass is 10.00. The van der Waals surface area contributed by atoms with Gasteiger partial charge in [0.2, 0.25) is 5.88 Å². The molecule has 3 heterocycles. The molecule has 5 aromatic rings. The normalized spacial score (nSPS) is 12.0. The van der Waals surface area contributed by atoms with E-state index in [0.717, 1.165) is 29.0 Å². The van der Waals surface area contributed by atoms with Gasteiger partial charge in [-0.05, 0) is 31.7 Å². The Hall–Kier alpha value is -4.49. The van der Waals surface area contributed by atoms with Crippen molar-refractivity contribution in [3.8, 4) is 28.3 Å². The number of aldehydes is 1. The maximum atomic E-state index is 13.7. The Bertz CT molecular complexity index is 2010. The standard InChI is InChI=1S/C34H33Cl2F2N7O3/c1-39-21(7-6-14-46)18-40-16-19-12-13-25(44-33(19)48-3)24-10-4-8-22(29(24)35)23-9-5-11-26(30(23)36)42-32-28-20(15-27(43-32)31(37)38)17-41-45(2)34(28)47/h4-5,8-15,17,21,31,39-40H,6-7,16,18H2,1-3H3,(H,42,43). The SMILES string of the molecule is CNC(CCC=O)CNCc1ccc(-c2cccc(-c3cccc(Nc4nc(C(F)F)cc5cnn(C)c(=O)c45)c3Cl)c2Cl)nc1OC. The predicted octanol–water partition coefficient (Wildman–Crippen LogP) is 6.71. The van der Waals surface area contributed by atoms with Crippen LogP contribution in [-0.4, -0.2) is 52.8 Å². The monoisotopic (exact) mass is 695 g/mol. The summed E-state index contributed by atoms with van der Waals surface area (Å²) in [6.07, 6.45) is 0.599. The Morgan fingerprint density at radius 3 is 2.46 bits per heavy atom. The minimum atomic E-state index is -2.87. The van der Waals surface area contributed by atoms with Crippen LogP contribution in [0.15, 0.2) is 65.6 Å². The van der Waals surface area contributed by atoms with Gasteiger partial charge in [0.1, 0.15) is 17.8 Å². The lowest BCUT2D eigenvalue weighted by Gasteiger charge is -2.17. The molecule has 0 bridgehead atoms. The number of hydrogen-bond acceptors (Lipinski definition) is 9. The molecule has 0 saturated carbocycles. The van der Waals surface area contributed by atoms with Gasteiger partial charge < -0.3 is 25.5 Å². The second-order valence-electron chi connectivity index (χ2n) is 10.9. The summed E-state index contributed by atoms with van der Waals surface area (Å²) in [6, 6.07) is 15.7. The van der Waals surface area contributed by atoms with Gasteiger partial charge in [0.25, 0.3) is 12.0 Å². The van der Waals surface area contributed by atoms with E-state index in [9.17, 15) is 18.4 Å². The number of aryl methyl sites for hydroxylation is 1. The van der Waals surface area contributed by atoms with Crippen LogP contribution in [0.2, 0.25) is 10.0 Å². The average Bonchev–Trinajstić information content (AvgIpc) is 3.09. The van der Waals surface area contributed by atoms with Gasteiger partial charge in [0.05, 0.1) is 40.1 Å². The van der Waals surface area contributed by atoms with Crippen LogP contribution in [0.25, 0.3) is 33.2 Å². The van der Waals surface area contributed by atoms with Crippen LogP contribution in [-0.2, 0) is 18.4 Å². The van der Waals surface area contributed by atoms with Crippen LogP contribution in [0, 0.1) is 0 Å². The number of hydrogen-bond donors (Lipinski definition) is 3. The number of nitrogens with zero attached hydrogens (tertiary/aromatic N) is 4. The largest absolute Gasteiger partial charge is 0.481 e. The van der Waals surface area contributed by atoms with Gasteiger partial charge in [-0.3, -0.25) is 4.79 Å². The molecular formula is C34H33Cl2F2N7O3. The summed E-state index contributed by atoms with van der Waals surface area (Å²) in [5, 5.41) is 14.5. The number of aromatic nitrogens is 4. The number of methoxy groups -OCH3 is 1. The molecule has 0 aliphatic rings. The van der Waals surface area contributed by atoms with Crippen molar-refractivity contribution in [3.63, 3.8) is 0 Å². The molecule has 0 saturated heterocycles. The number of ether oxygens (including phenoxy) is 1. The highest BCUT2D eigenvalue weighted by molar-refractivity contribution is 6.39. The molecular weight excluding hydrogens is 663 g/mol. The number of pyridine rings is 2.